The van der Waals surface area contributed by atoms with E-state index in [1.165, 1.54) is 25.7 Å². The van der Waals surface area contributed by atoms with Gasteiger partial charge in [0.15, 0.2) is 0 Å². The van der Waals surface area contributed by atoms with Gasteiger partial charge in [0.1, 0.15) is 5.82 Å². The Labute approximate surface area is 128 Å². The first kappa shape index (κ1) is 14.5. The van der Waals surface area contributed by atoms with E-state index in [4.69, 9.17) is 5.73 Å². The standard InChI is InChI=1S/C16H22BrFN2/c17-14-6-5-13(7-15(14)18)16(8-19)20(9-11-1-2-11)10-12-3-4-12/h5-7,11-12,16H,1-4,8-10,19H2. The Morgan fingerprint density at radius 3 is 2.25 bits per heavy atom. The molecule has 2 aliphatic rings. The molecule has 0 radical (unpaired) electrons. The van der Waals surface area contributed by atoms with Crippen molar-refractivity contribution in [3.8, 4) is 0 Å². The lowest BCUT2D eigenvalue weighted by molar-refractivity contribution is 0.184. The molecule has 2 aliphatic carbocycles. The Kier molecular flexibility index (Phi) is 4.43. The van der Waals surface area contributed by atoms with Gasteiger partial charge in [-0.05, 0) is 71.1 Å². The molecule has 2 fully saturated rings. The van der Waals surface area contributed by atoms with Crippen molar-refractivity contribution in [2.24, 2.45) is 17.6 Å². The third-order valence-electron chi connectivity index (χ3n) is 4.37. The summed E-state index contributed by atoms with van der Waals surface area (Å²) in [6.07, 6.45) is 5.36. The molecule has 1 aromatic rings. The second-order valence-electron chi connectivity index (χ2n) is 6.27. The molecule has 20 heavy (non-hydrogen) atoms. The molecule has 0 aromatic heterocycles. The smallest absolute Gasteiger partial charge is 0.137 e. The molecular formula is C16H22BrFN2. The molecule has 0 saturated heterocycles. The fraction of sp³-hybridized carbons (Fsp3) is 0.625. The molecule has 2 saturated carbocycles. The molecule has 1 aromatic carbocycles. The molecular weight excluding hydrogens is 319 g/mol. The maximum Gasteiger partial charge on any atom is 0.137 e. The lowest BCUT2D eigenvalue weighted by atomic mass is 10.0. The van der Waals surface area contributed by atoms with Crippen molar-refractivity contribution in [1.29, 1.82) is 0 Å². The van der Waals surface area contributed by atoms with E-state index < -0.39 is 0 Å². The summed E-state index contributed by atoms with van der Waals surface area (Å²) >= 11 is 3.22. The van der Waals surface area contributed by atoms with Gasteiger partial charge < -0.3 is 5.73 Å². The molecule has 0 heterocycles. The van der Waals surface area contributed by atoms with Crippen molar-refractivity contribution in [3.05, 3.63) is 34.1 Å². The van der Waals surface area contributed by atoms with Crippen LogP contribution in [-0.2, 0) is 0 Å². The fourth-order valence-electron chi connectivity index (χ4n) is 2.81. The van der Waals surface area contributed by atoms with E-state index in [1.54, 1.807) is 12.1 Å². The molecule has 110 valence electrons. The van der Waals surface area contributed by atoms with Crippen LogP contribution in [0.5, 0.6) is 0 Å². The fourth-order valence-corrected chi connectivity index (χ4v) is 3.06. The summed E-state index contributed by atoms with van der Waals surface area (Å²) in [6, 6.07) is 5.57. The molecule has 2 N–H and O–H groups in total. The number of halogens is 2. The number of nitrogens with two attached hydrogens (primary N) is 1. The molecule has 3 rings (SSSR count). The van der Waals surface area contributed by atoms with Crippen LogP contribution in [0.25, 0.3) is 0 Å². The van der Waals surface area contributed by atoms with Crippen LogP contribution in [0, 0.1) is 17.7 Å². The van der Waals surface area contributed by atoms with Crippen molar-refractivity contribution in [3.63, 3.8) is 0 Å². The predicted octanol–water partition coefficient (Wildman–Crippen LogP) is 3.71. The van der Waals surface area contributed by atoms with Crippen LogP contribution in [0.15, 0.2) is 22.7 Å². The Balaban J connectivity index is 1.77. The highest BCUT2D eigenvalue weighted by molar-refractivity contribution is 9.10. The zero-order valence-electron chi connectivity index (χ0n) is 11.7. The van der Waals surface area contributed by atoms with Gasteiger partial charge in [0.2, 0.25) is 0 Å². The average molecular weight is 341 g/mol. The van der Waals surface area contributed by atoms with Crippen LogP contribution in [0.1, 0.15) is 37.3 Å². The second-order valence-corrected chi connectivity index (χ2v) is 7.12. The third-order valence-corrected chi connectivity index (χ3v) is 5.01. The molecule has 4 heteroatoms. The largest absolute Gasteiger partial charge is 0.329 e. The first-order valence-electron chi connectivity index (χ1n) is 7.56. The SMILES string of the molecule is NCC(c1ccc(Br)c(F)c1)N(CC1CC1)CC1CC1. The summed E-state index contributed by atoms with van der Waals surface area (Å²) in [4.78, 5) is 2.50. The van der Waals surface area contributed by atoms with Crippen LogP contribution in [0.3, 0.4) is 0 Å². The lowest BCUT2D eigenvalue weighted by Crippen LogP contribution is -2.36. The van der Waals surface area contributed by atoms with E-state index in [0.29, 0.717) is 11.0 Å². The van der Waals surface area contributed by atoms with Crippen molar-refractivity contribution >= 4 is 15.9 Å². The molecule has 0 bridgehead atoms. The summed E-state index contributed by atoms with van der Waals surface area (Å²) in [5, 5.41) is 0. The molecule has 1 unspecified atom stereocenters. The zero-order chi connectivity index (χ0) is 14.1. The van der Waals surface area contributed by atoms with Crippen molar-refractivity contribution in [2.75, 3.05) is 19.6 Å². The minimum atomic E-state index is -0.196. The third kappa shape index (κ3) is 3.60. The highest BCUT2D eigenvalue weighted by Crippen LogP contribution is 2.37. The van der Waals surface area contributed by atoms with E-state index in [9.17, 15) is 4.39 Å². The number of hydrogen-bond donors (Lipinski definition) is 1. The molecule has 0 aliphatic heterocycles. The number of nitrogens with zero attached hydrogens (tertiary/aromatic N) is 1. The monoisotopic (exact) mass is 340 g/mol. The van der Waals surface area contributed by atoms with Crippen LogP contribution in [0.2, 0.25) is 0 Å². The average Bonchev–Trinajstić information content (AvgIpc) is 3.30. The molecule has 2 nitrogen and oxygen atoms in total. The molecule has 1 atom stereocenters. The van der Waals surface area contributed by atoms with E-state index >= 15 is 0 Å². The topological polar surface area (TPSA) is 29.3 Å². The quantitative estimate of drug-likeness (QED) is 0.819. The van der Waals surface area contributed by atoms with Gasteiger partial charge >= 0.3 is 0 Å². The van der Waals surface area contributed by atoms with Gasteiger partial charge in [0.05, 0.1) is 4.47 Å². The van der Waals surface area contributed by atoms with Crippen LogP contribution >= 0.6 is 15.9 Å². The van der Waals surface area contributed by atoms with Gasteiger partial charge in [-0.15, -0.1) is 0 Å². The Hall–Kier alpha value is -0.450. The minimum Gasteiger partial charge on any atom is -0.329 e. The van der Waals surface area contributed by atoms with Gasteiger partial charge in [-0.1, -0.05) is 6.07 Å². The van der Waals surface area contributed by atoms with E-state index in [1.807, 2.05) is 6.07 Å². The lowest BCUT2D eigenvalue weighted by Gasteiger charge is -2.31. The number of benzene rings is 1. The van der Waals surface area contributed by atoms with Crippen LogP contribution < -0.4 is 5.73 Å². The van der Waals surface area contributed by atoms with E-state index in [-0.39, 0.29) is 11.9 Å². The maximum absolute atomic E-state index is 13.8. The Bertz CT molecular complexity index is 458. The predicted molar refractivity (Wildman–Crippen MR) is 82.9 cm³/mol. The Morgan fingerprint density at radius 2 is 1.80 bits per heavy atom. The van der Waals surface area contributed by atoms with Crippen LogP contribution in [0.4, 0.5) is 4.39 Å². The van der Waals surface area contributed by atoms with Crippen molar-refractivity contribution in [1.82, 2.24) is 4.90 Å². The Morgan fingerprint density at radius 1 is 1.20 bits per heavy atom. The van der Waals surface area contributed by atoms with Gasteiger partial charge in [0, 0.05) is 25.7 Å². The van der Waals surface area contributed by atoms with Gasteiger partial charge in [-0.3, -0.25) is 4.90 Å². The van der Waals surface area contributed by atoms with Crippen molar-refractivity contribution in [2.45, 2.75) is 31.7 Å². The summed E-state index contributed by atoms with van der Waals surface area (Å²) < 4.78 is 14.3. The number of hydrogen-bond acceptors (Lipinski definition) is 2. The van der Waals surface area contributed by atoms with Crippen LogP contribution in [-0.4, -0.2) is 24.5 Å². The molecule has 0 amide bonds. The molecule has 0 spiro atoms. The minimum absolute atomic E-state index is 0.152. The van der Waals surface area contributed by atoms with Crippen molar-refractivity contribution < 1.29 is 4.39 Å². The number of rotatable bonds is 7. The van der Waals surface area contributed by atoms with E-state index in [2.05, 4.69) is 20.8 Å². The van der Waals surface area contributed by atoms with Gasteiger partial charge in [0.25, 0.3) is 0 Å². The first-order chi connectivity index (χ1) is 9.67. The summed E-state index contributed by atoms with van der Waals surface area (Å²) in [5.41, 5.74) is 7.02. The maximum atomic E-state index is 13.8. The van der Waals surface area contributed by atoms with E-state index in [0.717, 1.165) is 30.5 Å². The summed E-state index contributed by atoms with van der Waals surface area (Å²) in [5.74, 6) is 1.48. The normalized spacial score (nSPS) is 20.4. The first-order valence-corrected chi connectivity index (χ1v) is 8.35. The van der Waals surface area contributed by atoms with Gasteiger partial charge in [-0.2, -0.15) is 0 Å². The summed E-state index contributed by atoms with van der Waals surface area (Å²) in [7, 11) is 0. The van der Waals surface area contributed by atoms with Gasteiger partial charge in [-0.25, -0.2) is 4.39 Å². The zero-order valence-corrected chi connectivity index (χ0v) is 13.3. The second kappa shape index (κ2) is 6.12. The summed E-state index contributed by atoms with van der Waals surface area (Å²) in [6.45, 7) is 2.80. The highest BCUT2D eigenvalue weighted by atomic mass is 79.9. The highest BCUT2D eigenvalue weighted by Gasteiger charge is 2.32.